The number of piperidine rings is 1. The van der Waals surface area contributed by atoms with Crippen LogP contribution in [0.4, 0.5) is 0 Å². The molecule has 3 rings (SSSR count). The molecule has 1 aliphatic heterocycles. The van der Waals surface area contributed by atoms with Crippen molar-refractivity contribution in [3.8, 4) is 0 Å². The first kappa shape index (κ1) is 25.9. The maximum Gasteiger partial charge on any atom is 0.334 e. The molecule has 1 fully saturated rings. The number of carbonyl (C=O) groups excluding carboxylic acids is 1. The highest BCUT2D eigenvalue weighted by molar-refractivity contribution is 6.74. The van der Waals surface area contributed by atoms with Crippen molar-refractivity contribution in [2.45, 2.75) is 72.1 Å². The molecular formula is C28H43NO3Si. The molecule has 0 bridgehead atoms. The van der Waals surface area contributed by atoms with Crippen LogP contribution in [0.15, 0.2) is 53.6 Å². The second-order valence-corrected chi connectivity index (χ2v) is 16.1. The molecule has 1 saturated heterocycles. The van der Waals surface area contributed by atoms with Gasteiger partial charge in [0.1, 0.15) is 0 Å². The molecule has 33 heavy (non-hydrogen) atoms. The van der Waals surface area contributed by atoms with Crippen LogP contribution in [0.5, 0.6) is 0 Å². The summed E-state index contributed by atoms with van der Waals surface area (Å²) in [5.74, 6) is 0.0245. The van der Waals surface area contributed by atoms with Crippen molar-refractivity contribution in [3.63, 3.8) is 0 Å². The number of hydrogen-bond donors (Lipinski definition) is 0. The van der Waals surface area contributed by atoms with Crippen molar-refractivity contribution in [2.24, 2.45) is 11.3 Å². The molecule has 0 spiro atoms. The minimum Gasteiger partial charge on any atom is -0.463 e. The molecule has 0 unspecified atom stereocenters. The minimum atomic E-state index is -1.84. The first-order chi connectivity index (χ1) is 15.5. The molecule has 182 valence electrons. The summed E-state index contributed by atoms with van der Waals surface area (Å²) in [5, 5.41) is 0.185. The number of hydrogen-bond acceptors (Lipinski definition) is 4. The molecule has 5 heteroatoms. The van der Waals surface area contributed by atoms with Crippen molar-refractivity contribution in [1.29, 1.82) is 0 Å². The molecule has 2 atom stereocenters. The number of rotatable bonds is 8. The van der Waals surface area contributed by atoms with Crippen molar-refractivity contribution >= 4 is 14.3 Å². The van der Waals surface area contributed by atoms with Crippen LogP contribution < -0.4 is 0 Å². The molecule has 0 amide bonds. The van der Waals surface area contributed by atoms with Crippen LogP contribution in [0, 0.1) is 11.3 Å². The molecular weight excluding hydrogens is 426 g/mol. The number of fused-ring (bicyclic) bond motifs is 1. The van der Waals surface area contributed by atoms with Crippen LogP contribution in [0.2, 0.25) is 18.1 Å². The Hall–Kier alpha value is -1.69. The molecule has 4 nitrogen and oxygen atoms in total. The van der Waals surface area contributed by atoms with E-state index in [-0.39, 0.29) is 22.3 Å². The fraction of sp³-hybridized carbons (Fsp3) is 0.607. The van der Waals surface area contributed by atoms with E-state index in [1.807, 2.05) is 6.92 Å². The number of ether oxygens (including phenoxy) is 1. The standard InChI is InChI=1S/C28H43NO3Si/c1-8-31-26(30)24-18-22(2)19-28(15-17-32-33(6,7)27(3,4)5)21-29(16-14-25(24)28)20-23-12-10-9-11-13-23/h9-13,18-19,25H,8,14-17,20-21H2,1-7H3/t25-,28-/m0/s1. The summed E-state index contributed by atoms with van der Waals surface area (Å²) < 4.78 is 12.1. The van der Waals surface area contributed by atoms with Gasteiger partial charge in [0.15, 0.2) is 8.32 Å². The van der Waals surface area contributed by atoms with Gasteiger partial charge in [0, 0.05) is 36.6 Å². The molecule has 1 aromatic rings. The van der Waals surface area contributed by atoms with E-state index >= 15 is 0 Å². The molecule has 1 aliphatic carbocycles. The van der Waals surface area contributed by atoms with Crippen molar-refractivity contribution in [2.75, 3.05) is 26.3 Å². The second-order valence-electron chi connectivity index (χ2n) is 11.3. The van der Waals surface area contributed by atoms with E-state index in [0.29, 0.717) is 6.61 Å². The highest BCUT2D eigenvalue weighted by Gasteiger charge is 2.47. The van der Waals surface area contributed by atoms with Crippen LogP contribution in [-0.2, 0) is 20.5 Å². The second kappa shape index (κ2) is 10.3. The summed E-state index contributed by atoms with van der Waals surface area (Å²) in [6, 6.07) is 10.7. The fourth-order valence-electron chi connectivity index (χ4n) is 5.09. The maximum absolute atomic E-state index is 12.9. The smallest absolute Gasteiger partial charge is 0.334 e. The highest BCUT2D eigenvalue weighted by Crippen LogP contribution is 2.48. The van der Waals surface area contributed by atoms with Gasteiger partial charge in [-0.2, -0.15) is 0 Å². The van der Waals surface area contributed by atoms with Gasteiger partial charge in [-0.15, -0.1) is 0 Å². The minimum absolute atomic E-state index is 0.115. The third-order valence-electron chi connectivity index (χ3n) is 7.82. The lowest BCUT2D eigenvalue weighted by Gasteiger charge is -2.50. The fourth-order valence-corrected chi connectivity index (χ4v) is 6.13. The molecule has 1 aromatic carbocycles. The van der Waals surface area contributed by atoms with Gasteiger partial charge in [-0.1, -0.05) is 62.8 Å². The number of nitrogens with zero attached hydrogens (tertiary/aromatic N) is 1. The van der Waals surface area contributed by atoms with E-state index in [1.165, 1.54) is 5.56 Å². The predicted molar refractivity (Wildman–Crippen MR) is 138 cm³/mol. The number of benzene rings is 1. The van der Waals surface area contributed by atoms with Gasteiger partial charge in [0.05, 0.1) is 6.61 Å². The first-order valence-electron chi connectivity index (χ1n) is 12.5. The quantitative estimate of drug-likeness (QED) is 0.328. The number of allylic oxidation sites excluding steroid dienone is 2. The van der Waals surface area contributed by atoms with Crippen LogP contribution >= 0.6 is 0 Å². The lowest BCUT2D eigenvalue weighted by atomic mass is 9.62. The molecule has 0 aromatic heterocycles. The Bertz CT molecular complexity index is 884. The molecule has 0 saturated carbocycles. The Morgan fingerprint density at radius 3 is 2.55 bits per heavy atom. The maximum atomic E-state index is 12.9. The zero-order valence-electron chi connectivity index (χ0n) is 21.7. The van der Waals surface area contributed by atoms with E-state index in [9.17, 15) is 4.79 Å². The van der Waals surface area contributed by atoms with Crippen LogP contribution in [0.3, 0.4) is 0 Å². The third-order valence-corrected chi connectivity index (χ3v) is 12.4. The van der Waals surface area contributed by atoms with Crippen LogP contribution in [0.25, 0.3) is 0 Å². The lowest BCUT2D eigenvalue weighted by Crippen LogP contribution is -2.51. The average Bonchev–Trinajstić information content (AvgIpc) is 2.72. The van der Waals surface area contributed by atoms with E-state index in [4.69, 9.17) is 9.16 Å². The summed E-state index contributed by atoms with van der Waals surface area (Å²) in [5.41, 5.74) is 3.23. The zero-order chi connectivity index (χ0) is 24.3. The van der Waals surface area contributed by atoms with Gasteiger partial charge in [-0.05, 0) is 63.0 Å². The first-order valence-corrected chi connectivity index (χ1v) is 15.4. The molecule has 0 N–H and O–H groups in total. The van der Waals surface area contributed by atoms with E-state index < -0.39 is 8.32 Å². The number of likely N-dealkylation sites (tertiary alicyclic amines) is 1. The number of esters is 1. The Morgan fingerprint density at radius 1 is 1.21 bits per heavy atom. The number of carbonyl (C=O) groups is 1. The van der Waals surface area contributed by atoms with Gasteiger partial charge in [-0.25, -0.2) is 4.79 Å². The SMILES string of the molecule is CCOC(=O)C1=CC(C)=C[C@@]2(CCO[Si](C)(C)C(C)(C)C)CN(Cc3ccccc3)CC[C@@H]12. The van der Waals surface area contributed by atoms with Gasteiger partial charge in [0.25, 0.3) is 0 Å². The Morgan fingerprint density at radius 2 is 1.91 bits per heavy atom. The molecule has 1 heterocycles. The van der Waals surface area contributed by atoms with Crippen molar-refractivity contribution in [1.82, 2.24) is 4.90 Å². The third kappa shape index (κ3) is 6.06. The van der Waals surface area contributed by atoms with Crippen LogP contribution in [0.1, 0.15) is 53.0 Å². The highest BCUT2D eigenvalue weighted by atomic mass is 28.4. The van der Waals surface area contributed by atoms with Gasteiger partial charge in [0.2, 0.25) is 0 Å². The van der Waals surface area contributed by atoms with Gasteiger partial charge in [-0.3, -0.25) is 4.90 Å². The predicted octanol–water partition coefficient (Wildman–Crippen LogP) is 6.36. The monoisotopic (exact) mass is 469 g/mol. The van der Waals surface area contributed by atoms with Crippen LogP contribution in [-0.4, -0.2) is 45.5 Å². The van der Waals surface area contributed by atoms with E-state index in [1.54, 1.807) is 0 Å². The average molecular weight is 470 g/mol. The summed E-state index contributed by atoms with van der Waals surface area (Å²) in [6.07, 6.45) is 6.36. The summed E-state index contributed by atoms with van der Waals surface area (Å²) in [6.45, 7) is 19.5. The Labute approximate surface area is 202 Å². The Kier molecular flexibility index (Phi) is 8.08. The largest absolute Gasteiger partial charge is 0.463 e. The Balaban J connectivity index is 1.86. The van der Waals surface area contributed by atoms with Gasteiger partial charge >= 0.3 is 5.97 Å². The molecule has 0 radical (unpaired) electrons. The van der Waals surface area contributed by atoms with E-state index in [0.717, 1.165) is 50.2 Å². The molecule has 2 aliphatic rings. The van der Waals surface area contributed by atoms with Gasteiger partial charge < -0.3 is 9.16 Å². The normalized spacial score (nSPS) is 24.0. The zero-order valence-corrected chi connectivity index (χ0v) is 22.7. The van der Waals surface area contributed by atoms with Crippen molar-refractivity contribution < 1.29 is 14.0 Å². The summed E-state index contributed by atoms with van der Waals surface area (Å²) >= 11 is 0. The summed E-state index contributed by atoms with van der Waals surface area (Å²) in [4.78, 5) is 15.5. The van der Waals surface area contributed by atoms with Crippen molar-refractivity contribution in [3.05, 3.63) is 59.2 Å². The van der Waals surface area contributed by atoms with E-state index in [2.05, 4.69) is 88.2 Å². The lowest BCUT2D eigenvalue weighted by molar-refractivity contribution is -0.140. The summed E-state index contributed by atoms with van der Waals surface area (Å²) in [7, 11) is -1.84. The topological polar surface area (TPSA) is 38.8 Å².